The lowest BCUT2D eigenvalue weighted by molar-refractivity contribution is 0.0882. The zero-order valence-electron chi connectivity index (χ0n) is 24.1. The fourth-order valence-electron chi connectivity index (χ4n) is 5.51. The number of nitrogens with one attached hydrogen (secondary N) is 1. The van der Waals surface area contributed by atoms with Crippen LogP contribution in [0.15, 0.2) is 89.6 Å². The molecule has 8 nitrogen and oxygen atoms in total. The normalized spacial score (nSPS) is 14.0. The Kier molecular flexibility index (Phi) is 8.16. The van der Waals surface area contributed by atoms with Gasteiger partial charge in [0.05, 0.1) is 29.9 Å². The van der Waals surface area contributed by atoms with Crippen molar-refractivity contribution in [3.8, 4) is 6.07 Å². The van der Waals surface area contributed by atoms with Gasteiger partial charge in [-0.15, -0.1) is 0 Å². The third kappa shape index (κ3) is 6.91. The molecule has 0 aliphatic carbocycles. The van der Waals surface area contributed by atoms with Gasteiger partial charge in [-0.25, -0.2) is 0 Å². The van der Waals surface area contributed by atoms with Crippen LogP contribution in [-0.4, -0.2) is 45.5 Å². The predicted molar refractivity (Wildman–Crippen MR) is 164 cm³/mol. The number of furan rings is 1. The van der Waals surface area contributed by atoms with Crippen molar-refractivity contribution in [3.05, 3.63) is 124 Å². The smallest absolute Gasteiger partial charge is 0.287 e. The summed E-state index contributed by atoms with van der Waals surface area (Å²) in [4.78, 5) is 28.4. The highest BCUT2D eigenvalue weighted by molar-refractivity contribution is 5.98. The first kappa shape index (κ1) is 28.1. The van der Waals surface area contributed by atoms with E-state index in [0.717, 1.165) is 49.0 Å². The molecule has 3 heterocycles. The van der Waals surface area contributed by atoms with Crippen molar-refractivity contribution in [2.75, 3.05) is 13.1 Å². The van der Waals surface area contributed by atoms with Crippen molar-refractivity contribution in [2.24, 2.45) is 0 Å². The van der Waals surface area contributed by atoms with E-state index < -0.39 is 0 Å². The lowest BCUT2D eigenvalue weighted by atomic mass is 10.0. The number of carbonyl (C=O) groups excluding carboxylic acids is 2. The van der Waals surface area contributed by atoms with E-state index in [4.69, 9.17) is 9.68 Å². The number of aryl methyl sites for hydroxylation is 1. The summed E-state index contributed by atoms with van der Waals surface area (Å²) in [5, 5.41) is 17.3. The number of ketones is 1. The molecule has 8 heteroatoms. The van der Waals surface area contributed by atoms with Gasteiger partial charge in [-0.2, -0.15) is 10.4 Å². The van der Waals surface area contributed by atoms with Gasteiger partial charge in [-0.1, -0.05) is 48.0 Å². The number of nitriles is 1. The van der Waals surface area contributed by atoms with Crippen molar-refractivity contribution < 1.29 is 14.0 Å². The highest BCUT2D eigenvalue weighted by atomic mass is 16.3. The Hall–Kier alpha value is -5.00. The SMILES string of the molecule is Cc1ccc(Cn2cc(C(=O)Cc3ccc4oc(C(=O)NC5CCN(Cc6ccc(C#N)cc6)CC5)cc4c3)cn2)cc1. The molecule has 6 rings (SSSR count). The first-order valence-electron chi connectivity index (χ1n) is 14.6. The van der Waals surface area contributed by atoms with Crippen molar-refractivity contribution in [2.45, 2.75) is 45.3 Å². The topological polar surface area (TPSA) is 104 Å². The van der Waals surface area contributed by atoms with Crippen LogP contribution in [0.4, 0.5) is 0 Å². The number of nitrogens with zero attached hydrogens (tertiary/aromatic N) is 4. The minimum Gasteiger partial charge on any atom is -0.451 e. The van der Waals surface area contributed by atoms with E-state index in [-0.39, 0.29) is 29.9 Å². The number of amides is 1. The third-order valence-corrected chi connectivity index (χ3v) is 8.00. The van der Waals surface area contributed by atoms with Crippen LogP contribution in [0.25, 0.3) is 11.0 Å². The molecular formula is C35H33N5O3. The summed E-state index contributed by atoms with van der Waals surface area (Å²) < 4.78 is 7.64. The summed E-state index contributed by atoms with van der Waals surface area (Å²) in [5.41, 5.74) is 6.22. The Morgan fingerprint density at radius 3 is 2.40 bits per heavy atom. The first-order chi connectivity index (χ1) is 20.9. The van der Waals surface area contributed by atoms with Crippen LogP contribution < -0.4 is 5.32 Å². The van der Waals surface area contributed by atoms with Crippen LogP contribution in [0.1, 0.15) is 61.6 Å². The van der Waals surface area contributed by atoms with Gasteiger partial charge in [-0.3, -0.25) is 19.2 Å². The highest BCUT2D eigenvalue weighted by Gasteiger charge is 2.23. The third-order valence-electron chi connectivity index (χ3n) is 8.00. The number of benzene rings is 3. The van der Waals surface area contributed by atoms with Crippen LogP contribution in [0, 0.1) is 18.3 Å². The van der Waals surface area contributed by atoms with E-state index in [1.807, 2.05) is 42.5 Å². The van der Waals surface area contributed by atoms with Crippen molar-refractivity contribution in [3.63, 3.8) is 0 Å². The quantitative estimate of drug-likeness (QED) is 0.228. The van der Waals surface area contributed by atoms with Crippen molar-refractivity contribution in [1.29, 1.82) is 5.26 Å². The first-order valence-corrected chi connectivity index (χ1v) is 14.6. The summed E-state index contributed by atoms with van der Waals surface area (Å²) in [6, 6.07) is 25.5. The van der Waals surface area contributed by atoms with Crippen LogP contribution >= 0.6 is 0 Å². The van der Waals surface area contributed by atoms with E-state index in [0.29, 0.717) is 23.3 Å². The molecule has 43 heavy (non-hydrogen) atoms. The fourth-order valence-corrected chi connectivity index (χ4v) is 5.51. The summed E-state index contributed by atoms with van der Waals surface area (Å²) in [6.07, 6.45) is 5.36. The average molecular weight is 572 g/mol. The van der Waals surface area contributed by atoms with Crippen LogP contribution in [-0.2, 0) is 19.5 Å². The number of fused-ring (bicyclic) bond motifs is 1. The van der Waals surface area contributed by atoms with E-state index in [2.05, 4.69) is 52.6 Å². The van der Waals surface area contributed by atoms with Crippen molar-refractivity contribution >= 4 is 22.7 Å². The molecule has 0 atom stereocenters. The number of Topliss-reactive ketones (excluding diaryl/α,β-unsaturated/α-hetero) is 1. The van der Waals surface area contributed by atoms with Gasteiger partial charge >= 0.3 is 0 Å². The molecule has 1 aliphatic heterocycles. The maximum Gasteiger partial charge on any atom is 0.287 e. The van der Waals surface area contributed by atoms with E-state index in [1.165, 1.54) is 11.1 Å². The monoisotopic (exact) mass is 571 g/mol. The molecule has 1 N–H and O–H groups in total. The number of hydrogen-bond donors (Lipinski definition) is 1. The van der Waals surface area contributed by atoms with Gasteiger partial charge in [0.2, 0.25) is 0 Å². The second kappa shape index (κ2) is 12.5. The summed E-state index contributed by atoms with van der Waals surface area (Å²) >= 11 is 0. The van der Waals surface area contributed by atoms with E-state index in [9.17, 15) is 9.59 Å². The molecule has 0 radical (unpaired) electrons. The standard InChI is InChI=1S/C35H33N5O3/c1-24-2-4-27(5-3-24)22-40-23-30(20-37-40)32(41)17-28-10-11-33-29(16-28)18-34(43-33)35(42)38-31-12-14-39(15-13-31)21-26-8-6-25(19-36)7-9-26/h2-11,16,18,20,23,31H,12-15,17,21-22H2,1H3,(H,38,42). The van der Waals surface area contributed by atoms with E-state index >= 15 is 0 Å². The molecule has 1 aliphatic rings. The maximum atomic E-state index is 13.0. The molecule has 1 saturated heterocycles. The average Bonchev–Trinajstić information content (AvgIpc) is 3.67. The molecule has 1 amide bonds. The zero-order chi connectivity index (χ0) is 29.8. The maximum absolute atomic E-state index is 13.0. The fraction of sp³-hybridized carbons (Fsp3) is 0.257. The Bertz CT molecular complexity index is 1790. The highest BCUT2D eigenvalue weighted by Crippen LogP contribution is 2.23. The lowest BCUT2D eigenvalue weighted by Gasteiger charge is -2.32. The van der Waals surface area contributed by atoms with Crippen molar-refractivity contribution in [1.82, 2.24) is 20.0 Å². The molecule has 5 aromatic rings. The molecule has 0 saturated carbocycles. The predicted octanol–water partition coefficient (Wildman–Crippen LogP) is 5.68. The Labute approximate surface area is 250 Å². The number of likely N-dealkylation sites (tertiary alicyclic amines) is 1. The molecule has 0 unspecified atom stereocenters. The van der Waals surface area contributed by atoms with Gasteiger partial charge in [0.1, 0.15) is 5.58 Å². The van der Waals surface area contributed by atoms with Gasteiger partial charge in [-0.05, 0) is 66.8 Å². The Morgan fingerprint density at radius 1 is 0.953 bits per heavy atom. The van der Waals surface area contributed by atoms with Gasteiger partial charge in [0.25, 0.3) is 5.91 Å². The molecule has 3 aromatic carbocycles. The lowest BCUT2D eigenvalue weighted by Crippen LogP contribution is -2.44. The minimum atomic E-state index is -0.222. The summed E-state index contributed by atoms with van der Waals surface area (Å²) in [5.74, 6) is 0.0396. The molecule has 0 spiro atoms. The molecular weight excluding hydrogens is 538 g/mol. The Morgan fingerprint density at radius 2 is 1.65 bits per heavy atom. The van der Waals surface area contributed by atoms with Gasteiger partial charge in [0, 0.05) is 43.7 Å². The van der Waals surface area contributed by atoms with Crippen LogP contribution in [0.5, 0.6) is 0 Å². The summed E-state index contributed by atoms with van der Waals surface area (Å²) in [6.45, 7) is 5.26. The van der Waals surface area contributed by atoms with Gasteiger partial charge < -0.3 is 9.73 Å². The molecule has 1 fully saturated rings. The summed E-state index contributed by atoms with van der Waals surface area (Å²) in [7, 11) is 0. The number of aromatic nitrogens is 2. The number of hydrogen-bond acceptors (Lipinski definition) is 6. The van der Waals surface area contributed by atoms with Gasteiger partial charge in [0.15, 0.2) is 11.5 Å². The molecule has 2 aromatic heterocycles. The molecule has 0 bridgehead atoms. The van der Waals surface area contributed by atoms with E-state index in [1.54, 1.807) is 23.1 Å². The van der Waals surface area contributed by atoms with Crippen LogP contribution in [0.2, 0.25) is 0 Å². The van der Waals surface area contributed by atoms with Crippen LogP contribution in [0.3, 0.4) is 0 Å². The number of carbonyl (C=O) groups is 2. The molecule has 216 valence electrons. The zero-order valence-corrected chi connectivity index (χ0v) is 24.1. The second-order valence-electron chi connectivity index (χ2n) is 11.3. The Balaban J connectivity index is 1.02. The number of piperidine rings is 1. The second-order valence-corrected chi connectivity index (χ2v) is 11.3. The number of rotatable bonds is 9. The minimum absolute atomic E-state index is 0.0125. The largest absolute Gasteiger partial charge is 0.451 e.